The van der Waals surface area contributed by atoms with Gasteiger partial charge in [0.15, 0.2) is 16.8 Å². The third kappa shape index (κ3) is 4.94. The number of nitrogens with zero attached hydrogens (tertiary/aromatic N) is 5. The Hall–Kier alpha value is -3.33. The molecule has 0 aliphatic heterocycles. The largest absolute Gasteiger partial charge is 0.497 e. The molecule has 9 heteroatoms. The number of aromatic nitrogens is 5. The van der Waals surface area contributed by atoms with E-state index >= 15 is 0 Å². The van der Waals surface area contributed by atoms with E-state index in [2.05, 4.69) is 27.3 Å². The zero-order chi connectivity index (χ0) is 22.3. The first-order valence-corrected chi connectivity index (χ1v) is 11.5. The van der Waals surface area contributed by atoms with Crippen LogP contribution in [0.3, 0.4) is 0 Å². The lowest BCUT2D eigenvalue weighted by Gasteiger charge is -2.11. The fourth-order valence-electron chi connectivity index (χ4n) is 3.20. The number of thioether (sulfide) groups is 1. The van der Waals surface area contributed by atoms with Crippen molar-refractivity contribution in [2.24, 2.45) is 0 Å². The van der Waals surface area contributed by atoms with Crippen LogP contribution in [-0.2, 0) is 12.2 Å². The van der Waals surface area contributed by atoms with Crippen molar-refractivity contribution in [1.82, 2.24) is 24.9 Å². The number of benzene rings is 2. The van der Waals surface area contributed by atoms with E-state index in [4.69, 9.17) is 14.0 Å². The minimum Gasteiger partial charge on any atom is -0.497 e. The van der Waals surface area contributed by atoms with Crippen LogP contribution in [0.15, 0.2) is 58.2 Å². The molecule has 2 heterocycles. The summed E-state index contributed by atoms with van der Waals surface area (Å²) >= 11 is 1.50. The van der Waals surface area contributed by atoms with Crippen LogP contribution in [-0.4, -0.2) is 38.6 Å². The van der Waals surface area contributed by atoms with Crippen molar-refractivity contribution < 1.29 is 14.0 Å². The molecule has 0 atom stereocenters. The predicted octanol–water partition coefficient (Wildman–Crippen LogP) is 4.97. The summed E-state index contributed by atoms with van der Waals surface area (Å²) in [4.78, 5) is 4.45. The van der Waals surface area contributed by atoms with Gasteiger partial charge >= 0.3 is 0 Å². The van der Waals surface area contributed by atoms with Gasteiger partial charge in [0.1, 0.15) is 11.5 Å². The molecule has 0 bridgehead atoms. The van der Waals surface area contributed by atoms with Gasteiger partial charge in [-0.1, -0.05) is 36.0 Å². The molecule has 0 N–H and O–H groups in total. The van der Waals surface area contributed by atoms with E-state index in [1.807, 2.05) is 60.0 Å². The van der Waals surface area contributed by atoms with Crippen molar-refractivity contribution in [2.75, 3.05) is 13.7 Å². The minimum atomic E-state index is 0.504. The molecule has 4 aromatic rings. The van der Waals surface area contributed by atoms with Crippen molar-refractivity contribution in [1.29, 1.82) is 0 Å². The SMILES string of the molecule is CCCc1noc(CSc2nnc(-c3cccc(OC)c3)n2-c2ccc(OCC)cc2)n1. The van der Waals surface area contributed by atoms with Gasteiger partial charge in [-0.3, -0.25) is 4.57 Å². The molecule has 0 aliphatic rings. The smallest absolute Gasteiger partial charge is 0.237 e. The fraction of sp³-hybridized carbons (Fsp3) is 0.304. The van der Waals surface area contributed by atoms with Crippen molar-refractivity contribution in [3.8, 4) is 28.6 Å². The molecular weight excluding hydrogens is 426 g/mol. The first kappa shape index (κ1) is 21.9. The van der Waals surface area contributed by atoms with E-state index < -0.39 is 0 Å². The average molecular weight is 452 g/mol. The second-order valence-corrected chi connectivity index (χ2v) is 7.89. The van der Waals surface area contributed by atoms with Crippen molar-refractivity contribution in [2.45, 2.75) is 37.6 Å². The van der Waals surface area contributed by atoms with Gasteiger partial charge in [-0.05, 0) is 49.7 Å². The molecule has 4 rings (SSSR count). The maximum atomic E-state index is 5.59. The monoisotopic (exact) mass is 451 g/mol. The van der Waals surface area contributed by atoms with Crippen LogP contribution >= 0.6 is 11.8 Å². The molecule has 0 radical (unpaired) electrons. The number of ether oxygens (including phenoxy) is 2. The number of hydrogen-bond acceptors (Lipinski definition) is 8. The van der Waals surface area contributed by atoms with Gasteiger partial charge in [-0.15, -0.1) is 10.2 Å². The Kier molecular flexibility index (Phi) is 7.06. The highest BCUT2D eigenvalue weighted by molar-refractivity contribution is 7.98. The molecule has 0 amide bonds. The molecule has 8 nitrogen and oxygen atoms in total. The van der Waals surface area contributed by atoms with Gasteiger partial charge in [0.05, 0.1) is 19.5 Å². The third-order valence-electron chi connectivity index (χ3n) is 4.68. The Morgan fingerprint density at radius 3 is 2.62 bits per heavy atom. The molecule has 32 heavy (non-hydrogen) atoms. The molecule has 0 fully saturated rings. The van der Waals surface area contributed by atoms with Crippen LogP contribution in [0.4, 0.5) is 0 Å². The second-order valence-electron chi connectivity index (χ2n) is 6.94. The predicted molar refractivity (Wildman–Crippen MR) is 122 cm³/mol. The highest BCUT2D eigenvalue weighted by atomic mass is 32.2. The van der Waals surface area contributed by atoms with Crippen LogP contribution in [0.5, 0.6) is 11.5 Å². The second kappa shape index (κ2) is 10.3. The van der Waals surface area contributed by atoms with E-state index in [1.54, 1.807) is 7.11 Å². The van der Waals surface area contributed by atoms with Gasteiger partial charge in [0.25, 0.3) is 0 Å². The number of rotatable bonds is 10. The lowest BCUT2D eigenvalue weighted by molar-refractivity contribution is 0.340. The van der Waals surface area contributed by atoms with Crippen LogP contribution in [0.25, 0.3) is 17.1 Å². The van der Waals surface area contributed by atoms with E-state index in [0.717, 1.165) is 46.6 Å². The average Bonchev–Trinajstić information content (AvgIpc) is 3.45. The maximum Gasteiger partial charge on any atom is 0.237 e. The molecular formula is C23H25N5O3S. The van der Waals surface area contributed by atoms with E-state index in [-0.39, 0.29) is 0 Å². The van der Waals surface area contributed by atoms with Crippen LogP contribution < -0.4 is 9.47 Å². The normalized spacial score (nSPS) is 11.0. The van der Waals surface area contributed by atoms with Gasteiger partial charge in [-0.2, -0.15) is 4.98 Å². The highest BCUT2D eigenvalue weighted by Gasteiger charge is 2.18. The molecule has 0 unspecified atom stereocenters. The molecule has 0 aliphatic carbocycles. The molecule has 0 spiro atoms. The van der Waals surface area contributed by atoms with Crippen molar-refractivity contribution in [3.63, 3.8) is 0 Å². The van der Waals surface area contributed by atoms with Gasteiger partial charge in [-0.25, -0.2) is 0 Å². The maximum absolute atomic E-state index is 5.59. The summed E-state index contributed by atoms with van der Waals surface area (Å²) in [6.45, 7) is 4.67. The Bertz CT molecular complexity index is 1160. The topological polar surface area (TPSA) is 88.1 Å². The molecule has 0 saturated carbocycles. The lowest BCUT2D eigenvalue weighted by atomic mass is 10.2. The Morgan fingerprint density at radius 1 is 1.03 bits per heavy atom. The zero-order valence-corrected chi connectivity index (χ0v) is 19.1. The van der Waals surface area contributed by atoms with E-state index in [0.29, 0.717) is 24.1 Å². The molecule has 0 saturated heterocycles. The van der Waals surface area contributed by atoms with Gasteiger partial charge < -0.3 is 14.0 Å². The van der Waals surface area contributed by atoms with Crippen molar-refractivity contribution in [3.05, 3.63) is 60.2 Å². The number of hydrogen-bond donors (Lipinski definition) is 0. The summed E-state index contributed by atoms with van der Waals surface area (Å²) in [5, 5.41) is 13.7. The fourth-order valence-corrected chi connectivity index (χ4v) is 3.99. The lowest BCUT2D eigenvalue weighted by Crippen LogP contribution is -2.00. The number of aryl methyl sites for hydroxylation is 1. The zero-order valence-electron chi connectivity index (χ0n) is 18.3. The Balaban J connectivity index is 1.68. The summed E-state index contributed by atoms with van der Waals surface area (Å²) in [6, 6.07) is 15.6. The minimum absolute atomic E-state index is 0.504. The summed E-state index contributed by atoms with van der Waals surface area (Å²) in [7, 11) is 1.65. The van der Waals surface area contributed by atoms with Gasteiger partial charge in [0, 0.05) is 17.7 Å². The number of methoxy groups -OCH3 is 1. The summed E-state index contributed by atoms with van der Waals surface area (Å²) < 4.78 is 18.4. The van der Waals surface area contributed by atoms with Crippen LogP contribution in [0.1, 0.15) is 32.0 Å². The molecule has 2 aromatic carbocycles. The quantitative estimate of drug-likeness (QED) is 0.312. The third-order valence-corrected chi connectivity index (χ3v) is 5.59. The van der Waals surface area contributed by atoms with E-state index in [1.165, 1.54) is 11.8 Å². The van der Waals surface area contributed by atoms with Gasteiger partial charge in [0.2, 0.25) is 5.89 Å². The first-order chi connectivity index (χ1) is 15.7. The summed E-state index contributed by atoms with van der Waals surface area (Å²) in [5.41, 5.74) is 1.83. The summed E-state index contributed by atoms with van der Waals surface area (Å²) in [5.74, 6) is 4.09. The van der Waals surface area contributed by atoms with Crippen LogP contribution in [0, 0.1) is 0 Å². The first-order valence-electron chi connectivity index (χ1n) is 10.5. The molecule has 166 valence electrons. The molecule has 2 aromatic heterocycles. The Morgan fingerprint density at radius 2 is 1.88 bits per heavy atom. The summed E-state index contributed by atoms with van der Waals surface area (Å²) in [6.07, 6.45) is 1.78. The highest BCUT2D eigenvalue weighted by Crippen LogP contribution is 2.31. The van der Waals surface area contributed by atoms with E-state index in [9.17, 15) is 0 Å². The van der Waals surface area contributed by atoms with Crippen molar-refractivity contribution >= 4 is 11.8 Å². The standard InChI is InChI=1S/C23H25N5O3S/c1-4-7-20-24-21(31-27-20)15-32-23-26-25-22(16-8-6-9-19(14-16)29-3)28(23)17-10-12-18(13-11-17)30-5-2/h6,8-14H,4-5,7,15H2,1-3H3. The Labute approximate surface area is 191 Å². The van der Waals surface area contributed by atoms with Crippen LogP contribution in [0.2, 0.25) is 0 Å².